The molecule has 96 valence electrons. The van der Waals surface area contributed by atoms with Gasteiger partial charge in [0.25, 0.3) is 5.91 Å². The fourth-order valence-corrected chi connectivity index (χ4v) is 2.30. The molecule has 0 N–H and O–H groups in total. The van der Waals surface area contributed by atoms with Gasteiger partial charge in [-0.2, -0.15) is 0 Å². The highest BCUT2D eigenvalue weighted by molar-refractivity contribution is 6.43. The molecule has 0 fully saturated rings. The summed E-state index contributed by atoms with van der Waals surface area (Å²) in [5.74, 6) is -0.638. The topological polar surface area (TPSA) is 37.4 Å². The van der Waals surface area contributed by atoms with Gasteiger partial charge in [0.15, 0.2) is 0 Å². The van der Waals surface area contributed by atoms with Crippen molar-refractivity contribution in [1.29, 1.82) is 0 Å². The number of ketones is 1. The van der Waals surface area contributed by atoms with Gasteiger partial charge in [0.2, 0.25) is 5.78 Å². The molecule has 1 aliphatic heterocycles. The molecule has 0 aromatic heterocycles. The Labute approximate surface area is 108 Å². The quantitative estimate of drug-likeness (QED) is 0.767. The number of rotatable bonds is 3. The summed E-state index contributed by atoms with van der Waals surface area (Å²) in [4.78, 5) is 25.4. The van der Waals surface area contributed by atoms with Gasteiger partial charge in [-0.25, -0.2) is 0 Å². The van der Waals surface area contributed by atoms with Crippen LogP contribution in [0.2, 0.25) is 0 Å². The molecule has 0 saturated carbocycles. The minimum atomic E-state index is -0.348. The summed E-state index contributed by atoms with van der Waals surface area (Å²) in [5.41, 5.74) is 4.25. The normalized spacial score (nSPS) is 14.9. The van der Waals surface area contributed by atoms with E-state index in [9.17, 15) is 9.59 Å². The zero-order valence-electron chi connectivity index (χ0n) is 11.2. The molecule has 0 atom stereocenters. The molecule has 1 amide bonds. The molecule has 0 unspecified atom stereocenters. The van der Waals surface area contributed by atoms with Crippen molar-refractivity contribution in [2.45, 2.75) is 40.0 Å². The molecular formula is C15H19NO2. The maximum atomic E-state index is 12.0. The van der Waals surface area contributed by atoms with Gasteiger partial charge in [-0.05, 0) is 43.0 Å². The van der Waals surface area contributed by atoms with Crippen molar-refractivity contribution in [3.05, 3.63) is 28.8 Å². The number of fused-ring (bicyclic) bond motifs is 1. The number of hydrogen-bond acceptors (Lipinski definition) is 2. The number of unbranched alkanes of at least 4 members (excludes halogenated alkanes) is 1. The van der Waals surface area contributed by atoms with E-state index in [0.717, 1.165) is 29.7 Å². The molecule has 0 saturated heterocycles. The largest absolute Gasteiger partial charge is 0.306 e. The third-order valence-electron chi connectivity index (χ3n) is 3.56. The van der Waals surface area contributed by atoms with Crippen molar-refractivity contribution in [2.75, 3.05) is 11.4 Å². The van der Waals surface area contributed by atoms with Gasteiger partial charge in [0, 0.05) is 18.7 Å². The van der Waals surface area contributed by atoms with Gasteiger partial charge in [-0.1, -0.05) is 19.4 Å². The van der Waals surface area contributed by atoms with Crippen LogP contribution < -0.4 is 4.90 Å². The second-order valence-electron chi connectivity index (χ2n) is 4.98. The zero-order valence-corrected chi connectivity index (χ0v) is 11.2. The number of nitrogens with zero attached hydrogens (tertiary/aromatic N) is 1. The summed E-state index contributed by atoms with van der Waals surface area (Å²) in [6.45, 7) is 6.79. The molecule has 1 aromatic rings. The van der Waals surface area contributed by atoms with E-state index in [2.05, 4.69) is 6.92 Å². The fraction of sp³-hybridized carbons (Fsp3) is 0.467. The molecule has 0 aliphatic carbocycles. The van der Waals surface area contributed by atoms with E-state index in [1.165, 1.54) is 5.56 Å². The highest BCUT2D eigenvalue weighted by Crippen LogP contribution is 2.29. The van der Waals surface area contributed by atoms with Crippen molar-refractivity contribution in [1.82, 2.24) is 0 Å². The number of hydrogen-bond donors (Lipinski definition) is 0. The minimum Gasteiger partial charge on any atom is -0.306 e. The van der Waals surface area contributed by atoms with Crippen LogP contribution in [0.3, 0.4) is 0 Å². The molecule has 1 aromatic carbocycles. The Morgan fingerprint density at radius 2 is 1.83 bits per heavy atom. The maximum Gasteiger partial charge on any atom is 0.294 e. The number of amides is 1. The SMILES string of the molecule is CCCCN1C(=O)C(=O)Cc2cc(C)c(C)cc21. The average Bonchev–Trinajstić information content (AvgIpc) is 2.33. The Morgan fingerprint density at radius 3 is 2.50 bits per heavy atom. The van der Waals surface area contributed by atoms with E-state index < -0.39 is 0 Å². The molecule has 18 heavy (non-hydrogen) atoms. The van der Waals surface area contributed by atoms with E-state index in [4.69, 9.17) is 0 Å². The first-order chi connectivity index (χ1) is 8.54. The van der Waals surface area contributed by atoms with Gasteiger partial charge in [-0.15, -0.1) is 0 Å². The number of carbonyl (C=O) groups excluding carboxylic acids is 2. The second-order valence-corrected chi connectivity index (χ2v) is 4.98. The van der Waals surface area contributed by atoms with E-state index >= 15 is 0 Å². The Hall–Kier alpha value is -1.64. The van der Waals surface area contributed by atoms with Crippen LogP contribution in [0.15, 0.2) is 12.1 Å². The molecule has 3 nitrogen and oxygen atoms in total. The standard InChI is InChI=1S/C15H19NO2/c1-4-5-6-16-13-8-11(3)10(2)7-12(13)9-14(17)15(16)18/h7-8H,4-6,9H2,1-3H3. The third kappa shape index (κ3) is 2.17. The minimum absolute atomic E-state index is 0.248. The fourth-order valence-electron chi connectivity index (χ4n) is 2.30. The monoisotopic (exact) mass is 245 g/mol. The van der Waals surface area contributed by atoms with Crippen LogP contribution in [-0.2, 0) is 16.0 Å². The Bertz CT molecular complexity index is 505. The summed E-state index contributed by atoms with van der Waals surface area (Å²) in [5, 5.41) is 0. The molecular weight excluding hydrogens is 226 g/mol. The molecule has 1 heterocycles. The third-order valence-corrected chi connectivity index (χ3v) is 3.56. The van der Waals surface area contributed by atoms with Crippen LogP contribution in [0.25, 0.3) is 0 Å². The van der Waals surface area contributed by atoms with Gasteiger partial charge in [0.05, 0.1) is 0 Å². The van der Waals surface area contributed by atoms with Crippen LogP contribution in [-0.4, -0.2) is 18.2 Å². The van der Waals surface area contributed by atoms with Crippen molar-refractivity contribution in [3.63, 3.8) is 0 Å². The molecule has 0 radical (unpaired) electrons. The molecule has 0 bridgehead atoms. The number of aryl methyl sites for hydroxylation is 2. The lowest BCUT2D eigenvalue weighted by atomic mass is 9.95. The molecule has 1 aliphatic rings. The lowest BCUT2D eigenvalue weighted by Gasteiger charge is -2.29. The lowest BCUT2D eigenvalue weighted by molar-refractivity contribution is -0.136. The predicted octanol–water partition coefficient (Wildman–Crippen LogP) is 2.56. The Kier molecular flexibility index (Phi) is 3.50. The Morgan fingerprint density at radius 1 is 1.17 bits per heavy atom. The van der Waals surface area contributed by atoms with Gasteiger partial charge < -0.3 is 4.90 Å². The highest BCUT2D eigenvalue weighted by atomic mass is 16.2. The average molecular weight is 245 g/mol. The number of anilines is 1. The van der Waals surface area contributed by atoms with E-state index in [1.807, 2.05) is 26.0 Å². The molecule has 0 spiro atoms. The summed E-state index contributed by atoms with van der Waals surface area (Å²) in [6.07, 6.45) is 2.18. The summed E-state index contributed by atoms with van der Waals surface area (Å²) < 4.78 is 0. The van der Waals surface area contributed by atoms with E-state index in [1.54, 1.807) is 4.90 Å². The summed E-state index contributed by atoms with van der Waals surface area (Å²) >= 11 is 0. The summed E-state index contributed by atoms with van der Waals surface area (Å²) in [6, 6.07) is 4.07. The van der Waals surface area contributed by atoms with Crippen LogP contribution in [0.1, 0.15) is 36.5 Å². The highest BCUT2D eigenvalue weighted by Gasteiger charge is 2.30. The second kappa shape index (κ2) is 4.92. The van der Waals surface area contributed by atoms with Crippen molar-refractivity contribution in [3.8, 4) is 0 Å². The zero-order chi connectivity index (χ0) is 13.3. The van der Waals surface area contributed by atoms with Gasteiger partial charge in [-0.3, -0.25) is 9.59 Å². The maximum absolute atomic E-state index is 12.0. The van der Waals surface area contributed by atoms with Crippen molar-refractivity contribution in [2.24, 2.45) is 0 Å². The van der Waals surface area contributed by atoms with Crippen LogP contribution >= 0.6 is 0 Å². The van der Waals surface area contributed by atoms with Crippen molar-refractivity contribution >= 4 is 17.4 Å². The first-order valence-electron chi connectivity index (χ1n) is 6.49. The summed E-state index contributed by atoms with van der Waals surface area (Å²) in [7, 11) is 0. The van der Waals surface area contributed by atoms with E-state index in [0.29, 0.717) is 6.54 Å². The van der Waals surface area contributed by atoms with Crippen LogP contribution in [0, 0.1) is 13.8 Å². The number of benzene rings is 1. The molecule has 2 rings (SSSR count). The van der Waals surface area contributed by atoms with E-state index in [-0.39, 0.29) is 18.1 Å². The smallest absolute Gasteiger partial charge is 0.294 e. The van der Waals surface area contributed by atoms with Crippen LogP contribution in [0.5, 0.6) is 0 Å². The molecule has 3 heteroatoms. The Balaban J connectivity index is 2.45. The van der Waals surface area contributed by atoms with Gasteiger partial charge >= 0.3 is 0 Å². The lowest BCUT2D eigenvalue weighted by Crippen LogP contribution is -2.42. The first kappa shape index (κ1) is 12.8. The van der Waals surface area contributed by atoms with Gasteiger partial charge in [0.1, 0.15) is 0 Å². The van der Waals surface area contributed by atoms with Crippen molar-refractivity contribution < 1.29 is 9.59 Å². The van der Waals surface area contributed by atoms with Crippen LogP contribution in [0.4, 0.5) is 5.69 Å². The number of carbonyl (C=O) groups is 2. The first-order valence-corrected chi connectivity index (χ1v) is 6.49. The predicted molar refractivity (Wildman–Crippen MR) is 71.9 cm³/mol. The number of Topliss-reactive ketones (excluding diaryl/α,β-unsaturated/α-hetero) is 1.